The summed E-state index contributed by atoms with van der Waals surface area (Å²) in [4.78, 5) is 23.9. The van der Waals surface area contributed by atoms with Crippen molar-refractivity contribution in [3.8, 4) is 0 Å². The fourth-order valence-electron chi connectivity index (χ4n) is 3.59. The van der Waals surface area contributed by atoms with Gasteiger partial charge in [-0.1, -0.05) is 6.07 Å². The molecule has 1 unspecified atom stereocenters. The average Bonchev–Trinajstić information content (AvgIpc) is 3.33. The van der Waals surface area contributed by atoms with Gasteiger partial charge in [0.05, 0.1) is 17.3 Å². The molecule has 5 heteroatoms. The Kier molecular flexibility index (Phi) is 4.38. The van der Waals surface area contributed by atoms with Crippen LogP contribution in [0, 0.1) is 12.8 Å². The standard InChI is InChI=1S/C20H24N4O/c1-14-6-4-10-21-17(14)18(15-8-9-15)23-19-16(7-5-11-22-19)20(25)24-12-2-3-13-24/h4-7,10-11,15,18H,2-3,8-9,12-13H2,1H3,(H,22,23). The number of likely N-dealkylation sites (tertiary alicyclic amines) is 1. The third kappa shape index (κ3) is 3.36. The van der Waals surface area contributed by atoms with Gasteiger partial charge in [0, 0.05) is 25.5 Å². The lowest BCUT2D eigenvalue weighted by Crippen LogP contribution is -2.29. The minimum atomic E-state index is 0.0837. The number of pyridine rings is 2. The van der Waals surface area contributed by atoms with E-state index in [1.807, 2.05) is 29.3 Å². The second-order valence-corrected chi connectivity index (χ2v) is 7.06. The highest BCUT2D eigenvalue weighted by Gasteiger charge is 2.35. The SMILES string of the molecule is Cc1cccnc1C(Nc1ncccc1C(=O)N1CCCC1)C1CC1. The Balaban J connectivity index is 1.63. The first kappa shape index (κ1) is 16.1. The molecule has 5 nitrogen and oxygen atoms in total. The Bertz CT molecular complexity index is 766. The van der Waals surface area contributed by atoms with E-state index in [2.05, 4.69) is 28.3 Å². The van der Waals surface area contributed by atoms with Crippen LogP contribution in [0.25, 0.3) is 0 Å². The summed E-state index contributed by atoms with van der Waals surface area (Å²) in [6.45, 7) is 3.78. The quantitative estimate of drug-likeness (QED) is 0.906. The van der Waals surface area contributed by atoms with Gasteiger partial charge in [-0.3, -0.25) is 9.78 Å². The predicted molar refractivity (Wildman–Crippen MR) is 97.4 cm³/mol. The Hall–Kier alpha value is -2.43. The molecule has 1 amide bonds. The maximum Gasteiger partial charge on any atom is 0.257 e. The molecule has 1 saturated carbocycles. The molecule has 1 aliphatic carbocycles. The number of aryl methyl sites for hydroxylation is 1. The molecule has 1 atom stereocenters. The summed E-state index contributed by atoms with van der Waals surface area (Å²) < 4.78 is 0. The summed E-state index contributed by atoms with van der Waals surface area (Å²) in [6, 6.07) is 7.89. The minimum absolute atomic E-state index is 0.0837. The van der Waals surface area contributed by atoms with E-state index < -0.39 is 0 Å². The summed E-state index contributed by atoms with van der Waals surface area (Å²) in [5.41, 5.74) is 2.91. The van der Waals surface area contributed by atoms with Crippen molar-refractivity contribution in [3.05, 3.63) is 53.5 Å². The summed E-state index contributed by atoms with van der Waals surface area (Å²) in [5.74, 6) is 1.33. The van der Waals surface area contributed by atoms with Crippen LogP contribution >= 0.6 is 0 Å². The number of carbonyl (C=O) groups is 1. The molecule has 3 heterocycles. The van der Waals surface area contributed by atoms with E-state index in [9.17, 15) is 4.79 Å². The molecule has 2 fully saturated rings. The first-order valence-electron chi connectivity index (χ1n) is 9.16. The van der Waals surface area contributed by atoms with Gasteiger partial charge in [-0.25, -0.2) is 4.98 Å². The van der Waals surface area contributed by atoms with E-state index in [0.29, 0.717) is 17.3 Å². The monoisotopic (exact) mass is 336 g/mol. The third-order valence-electron chi connectivity index (χ3n) is 5.16. The number of anilines is 1. The van der Waals surface area contributed by atoms with Gasteiger partial charge in [0.2, 0.25) is 0 Å². The van der Waals surface area contributed by atoms with Gasteiger partial charge < -0.3 is 10.2 Å². The van der Waals surface area contributed by atoms with Crippen LogP contribution in [0.2, 0.25) is 0 Å². The van der Waals surface area contributed by atoms with Crippen molar-refractivity contribution >= 4 is 11.7 Å². The molecule has 1 N–H and O–H groups in total. The maximum absolute atomic E-state index is 12.9. The van der Waals surface area contributed by atoms with Crippen molar-refractivity contribution in [1.29, 1.82) is 0 Å². The van der Waals surface area contributed by atoms with E-state index in [1.54, 1.807) is 6.20 Å². The molecule has 4 rings (SSSR count). The smallest absolute Gasteiger partial charge is 0.257 e. The van der Waals surface area contributed by atoms with E-state index in [0.717, 1.165) is 31.6 Å². The zero-order valence-corrected chi connectivity index (χ0v) is 14.6. The molecular weight excluding hydrogens is 312 g/mol. The normalized spacial score (nSPS) is 18.2. The number of hydrogen-bond donors (Lipinski definition) is 1. The highest BCUT2D eigenvalue weighted by Crippen LogP contribution is 2.43. The number of amides is 1. The molecular formula is C20H24N4O. The highest BCUT2D eigenvalue weighted by molar-refractivity contribution is 5.98. The molecule has 2 aromatic heterocycles. The molecule has 0 radical (unpaired) electrons. The van der Waals surface area contributed by atoms with Crippen LogP contribution in [-0.4, -0.2) is 33.9 Å². The van der Waals surface area contributed by atoms with Crippen molar-refractivity contribution in [1.82, 2.24) is 14.9 Å². The molecule has 1 saturated heterocycles. The number of rotatable bonds is 5. The van der Waals surface area contributed by atoms with E-state index >= 15 is 0 Å². The van der Waals surface area contributed by atoms with Crippen molar-refractivity contribution in [2.45, 2.75) is 38.6 Å². The van der Waals surface area contributed by atoms with Crippen LogP contribution in [0.1, 0.15) is 53.3 Å². The highest BCUT2D eigenvalue weighted by atomic mass is 16.2. The van der Waals surface area contributed by atoms with Gasteiger partial charge in [-0.15, -0.1) is 0 Å². The van der Waals surface area contributed by atoms with Gasteiger partial charge in [-0.05, 0) is 62.3 Å². The van der Waals surface area contributed by atoms with Crippen LogP contribution in [0.15, 0.2) is 36.7 Å². The first-order valence-corrected chi connectivity index (χ1v) is 9.16. The van der Waals surface area contributed by atoms with Crippen molar-refractivity contribution < 1.29 is 4.79 Å². The summed E-state index contributed by atoms with van der Waals surface area (Å²) in [7, 11) is 0. The van der Waals surface area contributed by atoms with Gasteiger partial charge in [-0.2, -0.15) is 0 Å². The number of aromatic nitrogens is 2. The first-order chi connectivity index (χ1) is 12.2. The predicted octanol–water partition coefficient (Wildman–Crippen LogP) is 3.58. The van der Waals surface area contributed by atoms with Crippen LogP contribution in [0.4, 0.5) is 5.82 Å². The Morgan fingerprint density at radius 2 is 1.88 bits per heavy atom. The molecule has 130 valence electrons. The maximum atomic E-state index is 12.9. The minimum Gasteiger partial charge on any atom is -0.361 e. The molecule has 2 aromatic rings. The number of hydrogen-bond acceptors (Lipinski definition) is 4. The van der Waals surface area contributed by atoms with E-state index in [4.69, 9.17) is 0 Å². The summed E-state index contributed by atoms with van der Waals surface area (Å²) in [5, 5.41) is 3.55. The Morgan fingerprint density at radius 1 is 1.16 bits per heavy atom. The lowest BCUT2D eigenvalue weighted by atomic mass is 10.0. The fourth-order valence-corrected chi connectivity index (χ4v) is 3.59. The molecule has 0 aromatic carbocycles. The largest absolute Gasteiger partial charge is 0.361 e. The summed E-state index contributed by atoms with van der Waals surface area (Å²) in [6.07, 6.45) is 8.15. The number of nitrogens with one attached hydrogen (secondary N) is 1. The van der Waals surface area contributed by atoms with E-state index in [-0.39, 0.29) is 11.9 Å². The molecule has 25 heavy (non-hydrogen) atoms. The fraction of sp³-hybridized carbons (Fsp3) is 0.450. The van der Waals surface area contributed by atoms with Gasteiger partial charge >= 0.3 is 0 Å². The van der Waals surface area contributed by atoms with Gasteiger partial charge in [0.1, 0.15) is 5.82 Å². The van der Waals surface area contributed by atoms with Crippen LogP contribution in [0.3, 0.4) is 0 Å². The summed E-state index contributed by atoms with van der Waals surface area (Å²) >= 11 is 0. The Labute approximate surface area is 148 Å². The topological polar surface area (TPSA) is 58.1 Å². The van der Waals surface area contributed by atoms with Crippen LogP contribution < -0.4 is 5.32 Å². The van der Waals surface area contributed by atoms with Crippen LogP contribution in [0.5, 0.6) is 0 Å². The van der Waals surface area contributed by atoms with Crippen molar-refractivity contribution in [3.63, 3.8) is 0 Å². The van der Waals surface area contributed by atoms with Gasteiger partial charge in [0.15, 0.2) is 0 Å². The van der Waals surface area contributed by atoms with E-state index in [1.165, 1.54) is 18.4 Å². The third-order valence-corrected chi connectivity index (χ3v) is 5.16. The van der Waals surface area contributed by atoms with Crippen LogP contribution in [-0.2, 0) is 0 Å². The Morgan fingerprint density at radius 3 is 2.60 bits per heavy atom. The lowest BCUT2D eigenvalue weighted by Gasteiger charge is -2.23. The molecule has 2 aliphatic rings. The zero-order valence-electron chi connectivity index (χ0n) is 14.6. The van der Waals surface area contributed by atoms with Gasteiger partial charge in [0.25, 0.3) is 5.91 Å². The second kappa shape index (κ2) is 6.82. The molecule has 0 bridgehead atoms. The second-order valence-electron chi connectivity index (χ2n) is 7.06. The number of carbonyl (C=O) groups excluding carboxylic acids is 1. The number of nitrogens with zero attached hydrogens (tertiary/aromatic N) is 3. The lowest BCUT2D eigenvalue weighted by molar-refractivity contribution is 0.0793. The molecule has 1 aliphatic heterocycles. The zero-order chi connectivity index (χ0) is 17.2. The molecule has 0 spiro atoms. The average molecular weight is 336 g/mol. The van der Waals surface area contributed by atoms with Crippen molar-refractivity contribution in [2.24, 2.45) is 5.92 Å². The van der Waals surface area contributed by atoms with Crippen molar-refractivity contribution in [2.75, 3.05) is 18.4 Å².